The summed E-state index contributed by atoms with van der Waals surface area (Å²) >= 11 is 0. The molecule has 7 nitrogen and oxygen atoms in total. The summed E-state index contributed by atoms with van der Waals surface area (Å²) in [6.45, 7) is 0. The Balaban J connectivity index is 1.32. The van der Waals surface area contributed by atoms with Gasteiger partial charge in [0, 0.05) is 12.5 Å². The number of hydrogen-bond acceptors (Lipinski definition) is 4. The molecule has 3 aromatic rings. The number of hydrogen-bond donors (Lipinski definition) is 2. The van der Waals surface area contributed by atoms with Crippen LogP contribution in [0.5, 0.6) is 0 Å². The first-order valence-corrected chi connectivity index (χ1v) is 10.1. The summed E-state index contributed by atoms with van der Waals surface area (Å²) in [5, 5.41) is 9.46. The van der Waals surface area contributed by atoms with Crippen LogP contribution in [-0.4, -0.2) is 32.6 Å². The molecule has 0 saturated carbocycles. The predicted octanol–water partition coefficient (Wildman–Crippen LogP) is 2.78. The third-order valence-corrected chi connectivity index (χ3v) is 5.73. The summed E-state index contributed by atoms with van der Waals surface area (Å²) < 4.78 is 29.3. The number of rotatable bonds is 3. The Morgan fingerprint density at radius 2 is 1.94 bits per heavy atom. The molecule has 2 aliphatic rings. The number of aromatic nitrogens is 3. The minimum absolute atomic E-state index is 0.0117. The molecule has 9 heteroatoms. The van der Waals surface area contributed by atoms with Crippen LogP contribution in [-0.2, 0) is 17.6 Å². The lowest BCUT2D eigenvalue weighted by molar-refractivity contribution is -0.118. The van der Waals surface area contributed by atoms with Gasteiger partial charge < -0.3 is 10.6 Å². The monoisotopic (exact) mass is 423 g/mol. The molecular formula is C22H19F2N5O2. The Morgan fingerprint density at radius 1 is 1.13 bits per heavy atom. The number of carbonyl (C=O) groups is 2. The molecule has 2 aliphatic heterocycles. The summed E-state index contributed by atoms with van der Waals surface area (Å²) in [5.41, 5.74) is 1.40. The van der Waals surface area contributed by atoms with Gasteiger partial charge in [-0.3, -0.25) is 9.59 Å². The van der Waals surface area contributed by atoms with Crippen LogP contribution >= 0.6 is 0 Å². The van der Waals surface area contributed by atoms with Crippen molar-refractivity contribution in [3.05, 3.63) is 76.9 Å². The SMILES string of the molecule is O=C(N[C@H]1CCc2cc(F)cc(F)c2NC1=O)c1nc2n(n1)[C@@H](c1ccccc1)CC2. The molecule has 0 saturated heterocycles. The van der Waals surface area contributed by atoms with E-state index in [1.54, 1.807) is 4.68 Å². The van der Waals surface area contributed by atoms with Crippen LogP contribution in [0.3, 0.4) is 0 Å². The van der Waals surface area contributed by atoms with E-state index >= 15 is 0 Å². The van der Waals surface area contributed by atoms with Crippen molar-refractivity contribution < 1.29 is 18.4 Å². The number of nitrogens with one attached hydrogen (secondary N) is 2. The van der Waals surface area contributed by atoms with Gasteiger partial charge in [-0.25, -0.2) is 18.4 Å². The van der Waals surface area contributed by atoms with Gasteiger partial charge in [0.1, 0.15) is 23.5 Å². The van der Waals surface area contributed by atoms with Gasteiger partial charge in [-0.1, -0.05) is 30.3 Å². The Bertz CT molecular complexity index is 1180. The molecule has 0 fully saturated rings. The summed E-state index contributed by atoms with van der Waals surface area (Å²) in [6.07, 6.45) is 1.99. The number of halogens is 2. The fraction of sp³-hybridized carbons (Fsp3) is 0.273. The highest BCUT2D eigenvalue weighted by atomic mass is 19.1. The molecule has 0 radical (unpaired) electrons. The zero-order valence-corrected chi connectivity index (χ0v) is 16.4. The largest absolute Gasteiger partial charge is 0.337 e. The average molecular weight is 423 g/mol. The molecule has 0 unspecified atom stereocenters. The Labute approximate surface area is 176 Å². The van der Waals surface area contributed by atoms with Crippen molar-refractivity contribution >= 4 is 17.5 Å². The lowest BCUT2D eigenvalue weighted by atomic mass is 10.1. The molecule has 2 amide bonds. The molecule has 2 atom stereocenters. The van der Waals surface area contributed by atoms with Crippen LogP contribution in [0.15, 0.2) is 42.5 Å². The van der Waals surface area contributed by atoms with Gasteiger partial charge >= 0.3 is 0 Å². The van der Waals surface area contributed by atoms with E-state index in [9.17, 15) is 18.4 Å². The molecule has 158 valence electrons. The third kappa shape index (κ3) is 3.56. The average Bonchev–Trinajstić information content (AvgIpc) is 3.30. The Morgan fingerprint density at radius 3 is 2.74 bits per heavy atom. The Hall–Kier alpha value is -3.62. The van der Waals surface area contributed by atoms with E-state index in [1.807, 2.05) is 30.3 Å². The number of nitrogens with zero attached hydrogens (tertiary/aromatic N) is 3. The first-order chi connectivity index (χ1) is 15.0. The molecule has 2 aromatic carbocycles. The van der Waals surface area contributed by atoms with Crippen molar-refractivity contribution in [3.8, 4) is 0 Å². The van der Waals surface area contributed by atoms with Gasteiger partial charge in [-0.2, -0.15) is 0 Å². The fourth-order valence-electron chi connectivity index (χ4n) is 4.21. The van der Waals surface area contributed by atoms with Crippen LogP contribution in [0, 0.1) is 11.6 Å². The van der Waals surface area contributed by atoms with Gasteiger partial charge in [0.25, 0.3) is 5.91 Å². The van der Waals surface area contributed by atoms with Gasteiger partial charge in [-0.05, 0) is 36.5 Å². The summed E-state index contributed by atoms with van der Waals surface area (Å²) in [6, 6.07) is 10.9. The van der Waals surface area contributed by atoms with Crippen LogP contribution < -0.4 is 10.6 Å². The minimum Gasteiger partial charge on any atom is -0.337 e. The molecule has 5 rings (SSSR count). The second kappa shape index (κ2) is 7.57. The fourth-order valence-corrected chi connectivity index (χ4v) is 4.21. The summed E-state index contributed by atoms with van der Waals surface area (Å²) in [5.74, 6) is -1.98. The molecule has 0 bridgehead atoms. The zero-order chi connectivity index (χ0) is 21.5. The van der Waals surface area contributed by atoms with Crippen molar-refractivity contribution in [2.75, 3.05) is 5.32 Å². The summed E-state index contributed by atoms with van der Waals surface area (Å²) in [4.78, 5) is 29.6. The maximum absolute atomic E-state index is 14.0. The molecule has 31 heavy (non-hydrogen) atoms. The van der Waals surface area contributed by atoms with E-state index in [2.05, 4.69) is 20.7 Å². The summed E-state index contributed by atoms with van der Waals surface area (Å²) in [7, 11) is 0. The number of anilines is 1. The molecule has 3 heterocycles. The highest BCUT2D eigenvalue weighted by Crippen LogP contribution is 2.30. The topological polar surface area (TPSA) is 88.9 Å². The van der Waals surface area contributed by atoms with Gasteiger partial charge in [0.2, 0.25) is 11.7 Å². The second-order valence-corrected chi connectivity index (χ2v) is 7.74. The Kier molecular flexibility index (Phi) is 4.72. The molecular weight excluding hydrogens is 404 g/mol. The molecule has 0 aliphatic carbocycles. The van der Waals surface area contributed by atoms with Crippen LogP contribution in [0.25, 0.3) is 0 Å². The van der Waals surface area contributed by atoms with Crippen LogP contribution in [0.1, 0.15) is 46.5 Å². The van der Waals surface area contributed by atoms with E-state index in [1.165, 1.54) is 6.07 Å². The number of benzene rings is 2. The smallest absolute Gasteiger partial charge is 0.291 e. The van der Waals surface area contributed by atoms with Crippen molar-refractivity contribution in [2.45, 2.75) is 37.8 Å². The van der Waals surface area contributed by atoms with E-state index in [0.29, 0.717) is 17.8 Å². The number of carbonyl (C=O) groups excluding carboxylic acids is 2. The quantitative estimate of drug-likeness (QED) is 0.678. The van der Waals surface area contributed by atoms with Crippen molar-refractivity contribution in [1.82, 2.24) is 20.1 Å². The van der Waals surface area contributed by atoms with E-state index in [4.69, 9.17) is 0 Å². The second-order valence-electron chi connectivity index (χ2n) is 7.74. The lowest BCUT2D eigenvalue weighted by Gasteiger charge is -2.14. The number of fused-ring (bicyclic) bond motifs is 2. The minimum atomic E-state index is -0.911. The van der Waals surface area contributed by atoms with E-state index in [0.717, 1.165) is 18.1 Å². The maximum atomic E-state index is 14.0. The van der Waals surface area contributed by atoms with Gasteiger partial charge in [0.15, 0.2) is 0 Å². The third-order valence-electron chi connectivity index (χ3n) is 5.73. The van der Waals surface area contributed by atoms with E-state index < -0.39 is 29.5 Å². The molecule has 1 aromatic heterocycles. The highest BCUT2D eigenvalue weighted by Gasteiger charge is 2.31. The molecule has 2 N–H and O–H groups in total. The van der Waals surface area contributed by atoms with Crippen molar-refractivity contribution in [2.24, 2.45) is 0 Å². The van der Waals surface area contributed by atoms with Gasteiger partial charge in [-0.15, -0.1) is 5.10 Å². The highest BCUT2D eigenvalue weighted by molar-refractivity contribution is 6.00. The molecule has 0 spiro atoms. The van der Waals surface area contributed by atoms with Gasteiger partial charge in [0.05, 0.1) is 11.7 Å². The number of aryl methyl sites for hydroxylation is 2. The first kappa shape index (κ1) is 19.3. The normalized spacial score (nSPS) is 19.9. The lowest BCUT2D eigenvalue weighted by Crippen LogP contribution is -2.43. The zero-order valence-electron chi connectivity index (χ0n) is 16.4. The van der Waals surface area contributed by atoms with Crippen LogP contribution in [0.4, 0.5) is 14.5 Å². The first-order valence-electron chi connectivity index (χ1n) is 10.1. The van der Waals surface area contributed by atoms with Crippen molar-refractivity contribution in [1.29, 1.82) is 0 Å². The van der Waals surface area contributed by atoms with Crippen LogP contribution in [0.2, 0.25) is 0 Å². The number of amides is 2. The van der Waals surface area contributed by atoms with E-state index in [-0.39, 0.29) is 30.4 Å². The standard InChI is InChI=1S/C22H19F2N5O2/c23-14-10-13-6-7-16(21(30)27-19(13)15(24)11-14)25-22(31)20-26-18-9-8-17(29(18)28-20)12-4-2-1-3-5-12/h1-5,10-11,16-17H,6-9H2,(H,25,31)(H,27,30)/t16-,17+/m0/s1. The van der Waals surface area contributed by atoms with Crippen molar-refractivity contribution in [3.63, 3.8) is 0 Å². The maximum Gasteiger partial charge on any atom is 0.291 e. The predicted molar refractivity (Wildman–Crippen MR) is 107 cm³/mol.